The smallest absolute Gasteiger partial charge is 0.356 e. The topological polar surface area (TPSA) is 231 Å². The van der Waals surface area contributed by atoms with Crippen LogP contribution in [0, 0.1) is 0 Å². The molecule has 4 atom stereocenters. The number of thioether (sulfide) groups is 1. The van der Waals surface area contributed by atoms with Gasteiger partial charge >= 0.3 is 11.9 Å². The molecule has 83 heavy (non-hydrogen) atoms. The van der Waals surface area contributed by atoms with E-state index in [2.05, 4.69) is 15.6 Å². The fraction of sp³-hybridized carbons (Fsp3) is 0.190. The van der Waals surface area contributed by atoms with Gasteiger partial charge in [-0.3, -0.25) is 14.5 Å². The van der Waals surface area contributed by atoms with Gasteiger partial charge in [0.2, 0.25) is 12.0 Å². The minimum absolute atomic E-state index is 0.118. The molecule has 2 aromatic heterocycles. The van der Waals surface area contributed by atoms with Crippen molar-refractivity contribution in [3.8, 4) is 11.5 Å². The minimum atomic E-state index is -1.60. The quantitative estimate of drug-likeness (QED) is 0.0143. The zero-order valence-corrected chi connectivity index (χ0v) is 47.6. The summed E-state index contributed by atoms with van der Waals surface area (Å²) in [6.45, 7) is 5.53. The number of nitrogens with one attached hydrogen (secondary N) is 2. The summed E-state index contributed by atoms with van der Waals surface area (Å²) in [7, 11) is -1.51. The van der Waals surface area contributed by atoms with Crippen LogP contribution in [-0.2, 0) is 56.3 Å². The van der Waals surface area contributed by atoms with Crippen molar-refractivity contribution in [2.45, 2.75) is 69.2 Å². The highest BCUT2D eigenvalue weighted by Crippen LogP contribution is 2.43. The van der Waals surface area contributed by atoms with Crippen molar-refractivity contribution in [3.05, 3.63) is 243 Å². The summed E-state index contributed by atoms with van der Waals surface area (Å²) in [6, 6.07) is 51.9. The molecular formula is C63H57N8O9S3+. The van der Waals surface area contributed by atoms with Crippen molar-refractivity contribution in [1.82, 2.24) is 20.5 Å². The number of benzene rings is 6. The predicted molar refractivity (Wildman–Crippen MR) is 319 cm³/mol. The molecule has 5 heterocycles. The molecule has 0 radical (unpaired) electrons. The molecule has 20 heteroatoms. The summed E-state index contributed by atoms with van der Waals surface area (Å²) < 4.78 is 19.7. The number of carbonyl (C=O) groups excluding carboxylic acids is 4. The summed E-state index contributed by atoms with van der Waals surface area (Å²) in [5, 5.41) is 29.9. The molecule has 6 aromatic carbocycles. The highest BCUT2D eigenvalue weighted by atomic mass is 32.2. The maximum Gasteiger partial charge on any atom is 0.356 e. The maximum absolute atomic E-state index is 14.8. The molecule has 2 unspecified atom stereocenters. The Morgan fingerprint density at radius 2 is 1.41 bits per heavy atom. The van der Waals surface area contributed by atoms with Crippen LogP contribution in [-0.4, -0.2) is 72.5 Å². The lowest BCUT2D eigenvalue weighted by atomic mass is 9.77. The average Bonchev–Trinajstić information content (AvgIpc) is 3.67. The Kier molecular flexibility index (Phi) is 16.1. The van der Waals surface area contributed by atoms with Gasteiger partial charge in [0.05, 0.1) is 22.1 Å². The summed E-state index contributed by atoms with van der Waals surface area (Å²) in [5.74, 6) is -3.03. The van der Waals surface area contributed by atoms with Crippen LogP contribution in [0.15, 0.2) is 220 Å². The number of anilines is 1. The zero-order valence-electron chi connectivity index (χ0n) is 45.2. The molecule has 11 rings (SSSR count). The van der Waals surface area contributed by atoms with Gasteiger partial charge in [0.1, 0.15) is 28.4 Å². The van der Waals surface area contributed by atoms with Crippen molar-refractivity contribution < 1.29 is 48.3 Å². The number of hydrogen-bond donors (Lipinski definition) is 5. The number of amides is 2. The Bertz CT molecular complexity index is 3740. The number of amidine groups is 1. The fourth-order valence-corrected chi connectivity index (χ4v) is 13.4. The molecule has 0 saturated carbocycles. The van der Waals surface area contributed by atoms with Gasteiger partial charge < -0.3 is 36.1 Å². The average molecular weight is 1170 g/mol. The normalized spacial score (nSPS) is 17.9. The van der Waals surface area contributed by atoms with Crippen LogP contribution in [0.5, 0.6) is 11.5 Å². The van der Waals surface area contributed by atoms with E-state index in [1.807, 2.05) is 175 Å². The van der Waals surface area contributed by atoms with E-state index in [9.17, 15) is 29.4 Å². The number of carbonyl (C=O) groups is 4. The largest absolute Gasteiger partial charge is 0.504 e. The molecule has 2 amide bonds. The first-order valence-corrected chi connectivity index (χ1v) is 29.6. The second-order valence-electron chi connectivity index (χ2n) is 20.8. The van der Waals surface area contributed by atoms with Crippen LogP contribution in [0.25, 0.3) is 10.2 Å². The van der Waals surface area contributed by atoms with Crippen molar-refractivity contribution in [1.29, 1.82) is 0 Å². The Morgan fingerprint density at radius 1 is 0.819 bits per heavy atom. The Balaban J connectivity index is 0.940. The first kappa shape index (κ1) is 55.9. The fourth-order valence-electron chi connectivity index (χ4n) is 10.1. The number of nitrogen functional groups attached to an aromatic ring is 1. The molecule has 8 aromatic rings. The molecule has 1 fully saturated rings. The third-order valence-corrected chi connectivity index (χ3v) is 17.3. The third kappa shape index (κ3) is 12.0. The van der Waals surface area contributed by atoms with Crippen LogP contribution in [0.4, 0.5) is 5.13 Å². The maximum atomic E-state index is 14.8. The van der Waals surface area contributed by atoms with Gasteiger partial charge in [0, 0.05) is 33.6 Å². The van der Waals surface area contributed by atoms with Gasteiger partial charge in [0.25, 0.3) is 5.91 Å². The standard InChI is InChI=1S/C63H56N8O9S3/c1-62(2,3)79-58(76)54-51(36-70-32-31-50-46(35-70)66-60(64)82-50)81-37-47-53(57(75)71(47)54)67-52(74)34-45-38-83(61(65-45)68-63(42-23-13-6-14-24-42,43-25-15-7-16-26-43)44-27-17-8-18-28-44)69-80-56(41-29-30-48(72)49(73)33-41)59(77)78-55(39-19-9-4-10-20-39)40-21-11-5-12-22-40/h4-33,35,38,47,53,55-56H,34,36-37H2,1-3H3,(H5-,64,65,66,67,68,72,73,74)/p+1/t47-,53+,56?,83?/m0/s1. The Labute approximate surface area is 489 Å². The van der Waals surface area contributed by atoms with Gasteiger partial charge in [-0.25, -0.2) is 24.4 Å². The number of ether oxygens (including phenoxy) is 2. The SMILES string of the molecule is CC(C)(C)OC(=O)C1=C(C[n+]2ccc3sc(N)nc3c2)SC[C@H]2[C@@H](NC(=O)CC3=C/S(=N/OC(C(=O)OC(c4ccccc4)c4ccccc4)c4ccc(O)c(O)c4)C(=NC(c4ccccc4)(c4ccccc4)c4ccccc4)N3)C(=O)N12. The molecule has 420 valence electrons. The Morgan fingerprint density at radius 3 is 1.99 bits per heavy atom. The number of phenolic OH excluding ortho intramolecular Hbond substituents is 2. The molecule has 1 saturated heterocycles. The number of aromatic nitrogens is 2. The molecule has 3 aliphatic heterocycles. The highest BCUT2D eigenvalue weighted by Gasteiger charge is 2.55. The Hall–Kier alpha value is -8.95. The predicted octanol–water partition coefficient (Wildman–Crippen LogP) is 9.56. The highest BCUT2D eigenvalue weighted by molar-refractivity contribution is 8.05. The number of allylic oxidation sites excluding steroid dienone is 1. The van der Waals surface area contributed by atoms with Crippen molar-refractivity contribution >= 4 is 78.1 Å². The molecule has 0 bridgehead atoms. The molecule has 6 N–H and O–H groups in total. The van der Waals surface area contributed by atoms with Crippen LogP contribution >= 0.6 is 23.1 Å². The van der Waals surface area contributed by atoms with Crippen molar-refractivity contribution in [2.24, 2.45) is 9.52 Å². The van der Waals surface area contributed by atoms with E-state index >= 15 is 0 Å². The molecule has 17 nitrogen and oxygen atoms in total. The lowest BCUT2D eigenvalue weighted by molar-refractivity contribution is -0.686. The number of thiazole rings is 1. The van der Waals surface area contributed by atoms with E-state index in [0.29, 0.717) is 38.1 Å². The van der Waals surface area contributed by atoms with E-state index in [4.69, 9.17) is 29.6 Å². The van der Waals surface area contributed by atoms with Gasteiger partial charge in [-0.1, -0.05) is 174 Å². The summed E-state index contributed by atoms with van der Waals surface area (Å²) in [4.78, 5) is 76.1. The number of aromatic hydroxyl groups is 2. The van der Waals surface area contributed by atoms with Gasteiger partial charge in [0.15, 0.2) is 46.8 Å². The summed E-state index contributed by atoms with van der Waals surface area (Å²) in [6.07, 6.45) is 0.955. The van der Waals surface area contributed by atoms with Crippen LogP contribution in [0.3, 0.4) is 0 Å². The molecule has 0 spiro atoms. The van der Waals surface area contributed by atoms with Gasteiger partial charge in [-0.05, 0) is 66.3 Å². The number of phenols is 2. The number of rotatable bonds is 17. The van der Waals surface area contributed by atoms with Crippen LogP contribution < -0.4 is 20.9 Å². The first-order valence-electron chi connectivity index (χ1n) is 26.5. The van der Waals surface area contributed by atoms with E-state index in [1.165, 1.54) is 46.2 Å². The summed E-state index contributed by atoms with van der Waals surface area (Å²) in [5.41, 5.74) is 9.00. The number of aliphatic imine (C=N–C) groups is 1. The number of nitrogens with zero attached hydrogens (tertiary/aromatic N) is 5. The van der Waals surface area contributed by atoms with Crippen LogP contribution in [0.2, 0.25) is 0 Å². The van der Waals surface area contributed by atoms with E-state index < -0.39 is 81.4 Å². The zero-order chi connectivity index (χ0) is 57.8. The number of pyridine rings is 1. The number of nitrogens with two attached hydrogens (primary N) is 1. The van der Waals surface area contributed by atoms with E-state index in [0.717, 1.165) is 21.4 Å². The van der Waals surface area contributed by atoms with Gasteiger partial charge in [-0.2, -0.15) is 4.57 Å². The summed E-state index contributed by atoms with van der Waals surface area (Å²) >= 11 is 2.79. The number of esters is 2. The van der Waals surface area contributed by atoms with Crippen molar-refractivity contribution in [2.75, 3.05) is 11.5 Å². The second-order valence-corrected chi connectivity index (χ2v) is 24.3. The third-order valence-electron chi connectivity index (χ3n) is 13.9. The number of fused-ring (bicyclic) bond motifs is 2. The minimum Gasteiger partial charge on any atom is -0.504 e. The number of hydrogen-bond acceptors (Lipinski definition) is 15. The van der Waals surface area contributed by atoms with Crippen LogP contribution in [0.1, 0.15) is 72.8 Å². The first-order chi connectivity index (χ1) is 40.1. The molecule has 3 aliphatic rings. The lowest BCUT2D eigenvalue weighted by Crippen LogP contribution is -2.72. The van der Waals surface area contributed by atoms with Crippen molar-refractivity contribution in [3.63, 3.8) is 0 Å². The van der Waals surface area contributed by atoms with Gasteiger partial charge in [-0.15, -0.1) is 11.8 Å². The molecular weight excluding hydrogens is 1110 g/mol. The van der Waals surface area contributed by atoms with E-state index in [1.54, 1.807) is 26.2 Å². The monoisotopic (exact) mass is 1170 g/mol. The lowest BCUT2D eigenvalue weighted by Gasteiger charge is -2.50. The van der Waals surface area contributed by atoms with E-state index in [-0.39, 0.29) is 29.4 Å². The number of β-lactam (4-membered cyclic amide) rings is 1. The second kappa shape index (κ2) is 23.9. The molecule has 0 aliphatic carbocycles.